The number of imide groups is 1. The Morgan fingerprint density at radius 1 is 1.31 bits per heavy atom. The molecule has 11 heteroatoms. The highest BCUT2D eigenvalue weighted by atomic mass is 32.1. The first-order valence-corrected chi connectivity index (χ1v) is 8.08. The van der Waals surface area contributed by atoms with E-state index in [4.69, 9.17) is 5.73 Å². The number of aromatic nitrogens is 1. The minimum Gasteiger partial charge on any atom is -0.477 e. The van der Waals surface area contributed by atoms with Gasteiger partial charge in [0, 0.05) is 18.2 Å². The van der Waals surface area contributed by atoms with Crippen LogP contribution in [0.25, 0.3) is 0 Å². The van der Waals surface area contributed by atoms with Crippen molar-refractivity contribution >= 4 is 41.1 Å². The molecule has 0 aliphatic heterocycles. The van der Waals surface area contributed by atoms with Gasteiger partial charge < -0.3 is 25.3 Å². The highest BCUT2D eigenvalue weighted by molar-refractivity contribution is 7.07. The van der Waals surface area contributed by atoms with Crippen LogP contribution < -0.4 is 5.73 Å². The van der Waals surface area contributed by atoms with E-state index in [0.29, 0.717) is 16.9 Å². The second kappa shape index (κ2) is 8.16. The maximum absolute atomic E-state index is 11.8. The number of guanidine groups is 1. The molecular weight excluding hydrogens is 364 g/mol. The van der Waals surface area contributed by atoms with Gasteiger partial charge >= 0.3 is 18.2 Å². The number of hydrogen-bond donors (Lipinski definition) is 3. The first kappa shape index (κ1) is 19.0. The highest BCUT2D eigenvalue weighted by Gasteiger charge is 2.28. The Kier molecular flexibility index (Phi) is 5.96. The van der Waals surface area contributed by atoms with Crippen LogP contribution in [0.2, 0.25) is 0 Å². The van der Waals surface area contributed by atoms with Crippen molar-refractivity contribution in [3.63, 3.8) is 0 Å². The van der Waals surface area contributed by atoms with E-state index in [9.17, 15) is 19.5 Å². The van der Waals surface area contributed by atoms with E-state index < -0.39 is 24.1 Å². The molecule has 0 saturated carbocycles. The van der Waals surface area contributed by atoms with Gasteiger partial charge in [0.1, 0.15) is 5.69 Å². The average Bonchev–Trinajstić information content (AvgIpc) is 3.25. The SMILES string of the molecule is COC(=O)N(C(=O)OC)C(N)=Nc1c(Cc2ccsc2)c[nH]c1C(=O)O. The lowest BCUT2D eigenvalue weighted by atomic mass is 10.1. The molecule has 10 nitrogen and oxygen atoms in total. The van der Waals surface area contributed by atoms with Crippen LogP contribution in [0.1, 0.15) is 21.6 Å². The highest BCUT2D eigenvalue weighted by Crippen LogP contribution is 2.27. The molecule has 0 spiro atoms. The maximum atomic E-state index is 11.8. The van der Waals surface area contributed by atoms with Crippen molar-refractivity contribution in [1.82, 2.24) is 9.88 Å². The Hall–Kier alpha value is -3.34. The Labute approximate surface area is 151 Å². The summed E-state index contributed by atoms with van der Waals surface area (Å²) in [4.78, 5) is 41.9. The number of aromatic carboxylic acids is 1. The summed E-state index contributed by atoms with van der Waals surface area (Å²) in [6, 6.07) is 1.88. The van der Waals surface area contributed by atoms with Crippen molar-refractivity contribution in [2.45, 2.75) is 6.42 Å². The number of carboxylic acid groups (broad SMARTS) is 1. The van der Waals surface area contributed by atoms with Gasteiger partial charge in [-0.1, -0.05) is 0 Å². The molecule has 0 aliphatic carbocycles. The number of amides is 2. The average molecular weight is 380 g/mol. The van der Waals surface area contributed by atoms with Gasteiger partial charge in [0.2, 0.25) is 5.96 Å². The molecule has 0 unspecified atom stereocenters. The smallest absolute Gasteiger partial charge is 0.426 e. The van der Waals surface area contributed by atoms with Crippen molar-refractivity contribution in [1.29, 1.82) is 0 Å². The molecule has 2 aromatic heterocycles. The zero-order chi connectivity index (χ0) is 19.3. The number of H-pyrrole nitrogens is 1. The van der Waals surface area contributed by atoms with Crippen molar-refractivity contribution < 1.29 is 29.0 Å². The van der Waals surface area contributed by atoms with Crippen LogP contribution in [-0.4, -0.2) is 53.3 Å². The number of nitrogens with one attached hydrogen (secondary N) is 1. The summed E-state index contributed by atoms with van der Waals surface area (Å²) in [5, 5.41) is 13.1. The molecule has 0 aromatic carbocycles. The number of thiophene rings is 1. The van der Waals surface area contributed by atoms with E-state index in [1.807, 2.05) is 16.8 Å². The summed E-state index contributed by atoms with van der Waals surface area (Å²) in [5.74, 6) is -1.85. The molecule has 2 amide bonds. The number of aliphatic imine (C=N–C) groups is 1. The van der Waals surface area contributed by atoms with E-state index in [-0.39, 0.29) is 11.4 Å². The largest absolute Gasteiger partial charge is 0.477 e. The summed E-state index contributed by atoms with van der Waals surface area (Å²) >= 11 is 1.49. The van der Waals surface area contributed by atoms with Gasteiger partial charge in [-0.05, 0) is 22.4 Å². The van der Waals surface area contributed by atoms with Crippen LogP contribution in [0.4, 0.5) is 15.3 Å². The number of nitrogens with two attached hydrogens (primary N) is 1. The third-order valence-electron chi connectivity index (χ3n) is 3.29. The predicted molar refractivity (Wildman–Crippen MR) is 92.8 cm³/mol. The van der Waals surface area contributed by atoms with Gasteiger partial charge in [0.05, 0.1) is 14.2 Å². The van der Waals surface area contributed by atoms with E-state index in [1.54, 1.807) is 0 Å². The number of carbonyl (C=O) groups is 3. The fraction of sp³-hybridized carbons (Fsp3) is 0.200. The van der Waals surface area contributed by atoms with Gasteiger partial charge in [0.15, 0.2) is 5.69 Å². The summed E-state index contributed by atoms with van der Waals surface area (Å²) in [5.41, 5.74) is 6.98. The molecule has 0 atom stereocenters. The third-order valence-corrected chi connectivity index (χ3v) is 4.02. The molecule has 0 aliphatic rings. The lowest BCUT2D eigenvalue weighted by Crippen LogP contribution is -2.45. The Morgan fingerprint density at radius 2 is 1.96 bits per heavy atom. The Balaban J connectivity index is 2.48. The van der Waals surface area contributed by atoms with Crippen molar-refractivity contribution in [2.24, 2.45) is 10.7 Å². The molecule has 0 saturated heterocycles. The lowest BCUT2D eigenvalue weighted by molar-refractivity contribution is 0.0692. The summed E-state index contributed by atoms with van der Waals surface area (Å²) < 4.78 is 8.94. The standard InChI is InChI=1S/C15H16N4O6S/c1-24-14(22)19(15(23)25-2)13(16)18-10-9(5-8-3-4-26-7-8)6-17-11(10)12(20)21/h3-4,6-7,17H,5H2,1-2H3,(H2,16,18)(H,20,21). The molecule has 2 heterocycles. The molecular formula is C15H16N4O6S. The zero-order valence-electron chi connectivity index (χ0n) is 13.9. The third kappa shape index (κ3) is 4.00. The van der Waals surface area contributed by atoms with E-state index in [1.165, 1.54) is 17.5 Å². The molecule has 4 N–H and O–H groups in total. The molecule has 0 bridgehead atoms. The van der Waals surface area contributed by atoms with Crippen molar-refractivity contribution in [3.8, 4) is 0 Å². The number of aromatic amines is 1. The molecule has 0 fully saturated rings. The normalized spacial score (nSPS) is 11.1. The minimum absolute atomic E-state index is 0.000920. The second-order valence-corrected chi connectivity index (χ2v) is 5.68. The second-order valence-electron chi connectivity index (χ2n) is 4.90. The fourth-order valence-corrected chi connectivity index (χ4v) is 2.77. The number of carbonyl (C=O) groups excluding carboxylic acids is 2. The quantitative estimate of drug-likeness (QED) is 0.544. The predicted octanol–water partition coefficient (Wildman–Crippen LogP) is 2.15. The van der Waals surface area contributed by atoms with Crippen LogP contribution in [0, 0.1) is 0 Å². The topological polar surface area (TPSA) is 147 Å². The first-order valence-electron chi connectivity index (χ1n) is 7.13. The van der Waals surface area contributed by atoms with E-state index in [0.717, 1.165) is 19.8 Å². The van der Waals surface area contributed by atoms with E-state index in [2.05, 4.69) is 19.5 Å². The summed E-state index contributed by atoms with van der Waals surface area (Å²) in [6.45, 7) is 0. The van der Waals surface area contributed by atoms with Crippen LogP contribution in [0.5, 0.6) is 0 Å². The van der Waals surface area contributed by atoms with E-state index >= 15 is 0 Å². The van der Waals surface area contributed by atoms with Crippen LogP contribution in [0.3, 0.4) is 0 Å². The number of rotatable bonds is 4. The van der Waals surface area contributed by atoms with Gasteiger partial charge in [-0.3, -0.25) is 0 Å². The molecule has 138 valence electrons. The van der Waals surface area contributed by atoms with Gasteiger partial charge in [-0.25, -0.2) is 19.4 Å². The maximum Gasteiger partial charge on any atom is 0.426 e. The summed E-state index contributed by atoms with van der Waals surface area (Å²) in [7, 11) is 2.10. The lowest BCUT2D eigenvalue weighted by Gasteiger charge is -2.16. The number of methoxy groups -OCH3 is 2. The number of nitrogens with zero attached hydrogens (tertiary/aromatic N) is 2. The first-order chi connectivity index (χ1) is 12.4. The van der Waals surface area contributed by atoms with Gasteiger partial charge in [-0.15, -0.1) is 4.90 Å². The number of carboxylic acids is 1. The van der Waals surface area contributed by atoms with Gasteiger partial charge in [-0.2, -0.15) is 11.3 Å². The van der Waals surface area contributed by atoms with Gasteiger partial charge in [0.25, 0.3) is 0 Å². The Morgan fingerprint density at radius 3 is 2.46 bits per heavy atom. The zero-order valence-corrected chi connectivity index (χ0v) is 14.7. The number of ether oxygens (including phenoxy) is 2. The van der Waals surface area contributed by atoms with Crippen molar-refractivity contribution in [3.05, 3.63) is 39.8 Å². The molecule has 26 heavy (non-hydrogen) atoms. The Bertz CT molecular complexity index is 826. The molecule has 2 aromatic rings. The molecule has 0 radical (unpaired) electrons. The molecule has 2 rings (SSSR count). The van der Waals surface area contributed by atoms with Crippen LogP contribution in [0.15, 0.2) is 28.0 Å². The monoisotopic (exact) mass is 380 g/mol. The van der Waals surface area contributed by atoms with Crippen molar-refractivity contribution in [2.75, 3.05) is 14.2 Å². The summed E-state index contributed by atoms with van der Waals surface area (Å²) in [6.07, 6.45) is -0.376. The fourth-order valence-electron chi connectivity index (χ4n) is 2.10. The van der Waals surface area contributed by atoms with Crippen LogP contribution >= 0.6 is 11.3 Å². The number of hydrogen-bond acceptors (Lipinski definition) is 7. The minimum atomic E-state index is -1.27. The van der Waals surface area contributed by atoms with Crippen LogP contribution in [-0.2, 0) is 15.9 Å².